The molecule has 1 aromatic heterocycles. The number of benzene rings is 8. The Hall–Kier alpha value is -7.16. The average molecular weight is 744 g/mol. The summed E-state index contributed by atoms with van der Waals surface area (Å²) in [7, 11) is 0. The third-order valence-electron chi connectivity index (χ3n) is 12.6. The third-order valence-corrected chi connectivity index (χ3v) is 12.6. The molecule has 1 heterocycles. The Morgan fingerprint density at radius 1 is 0.397 bits per heavy atom. The van der Waals surface area contributed by atoms with E-state index in [1.54, 1.807) is 0 Å². The summed E-state index contributed by atoms with van der Waals surface area (Å²) in [6.07, 6.45) is 0. The Morgan fingerprint density at radius 2 is 0.914 bits per heavy atom. The Balaban J connectivity index is 1.24. The first kappa shape index (κ1) is 34.1. The summed E-state index contributed by atoms with van der Waals surface area (Å²) in [6, 6.07) is 77.1. The lowest BCUT2D eigenvalue weighted by Gasteiger charge is -2.35. The molecule has 0 bridgehead atoms. The summed E-state index contributed by atoms with van der Waals surface area (Å²) in [6.45, 7) is 4.71. The molecule has 2 nitrogen and oxygen atoms in total. The quantitative estimate of drug-likeness (QED) is 0.162. The second-order valence-electron chi connectivity index (χ2n) is 16.0. The third kappa shape index (κ3) is 4.91. The molecular weight excluding hydrogens is 703 g/mol. The molecular formula is C56H41NO. The summed E-state index contributed by atoms with van der Waals surface area (Å²) in [4.78, 5) is 2.44. The lowest BCUT2D eigenvalue weighted by molar-refractivity contribution is 0.596. The first-order valence-corrected chi connectivity index (χ1v) is 20.2. The maximum atomic E-state index is 7.37. The maximum Gasteiger partial charge on any atom is 0.143 e. The Bertz CT molecular complexity index is 2920. The number of rotatable bonds is 7. The second kappa shape index (κ2) is 13.2. The van der Waals surface area contributed by atoms with Crippen LogP contribution in [0.2, 0.25) is 0 Å². The normalized spacial score (nSPS) is 14.0. The SMILES string of the molecule is CC1(C)c2ccccc2-c2ccc(N(c3ccccc3)c3ccccc3-c3c(-c4ccccc4)oc4c3C(c3ccccc3)(c3ccccc3)c3ccccc3-4)cc21. The smallest absolute Gasteiger partial charge is 0.143 e. The minimum absolute atomic E-state index is 0.146. The van der Waals surface area contributed by atoms with E-state index in [2.05, 4.69) is 231 Å². The van der Waals surface area contributed by atoms with Crippen molar-refractivity contribution < 1.29 is 4.42 Å². The molecule has 8 aromatic carbocycles. The van der Waals surface area contributed by atoms with Crippen LogP contribution >= 0.6 is 0 Å². The summed E-state index contributed by atoms with van der Waals surface area (Å²) in [5.41, 5.74) is 16.9. The van der Waals surface area contributed by atoms with Crippen LogP contribution in [-0.4, -0.2) is 0 Å². The lowest BCUT2D eigenvalue weighted by Crippen LogP contribution is -2.29. The highest BCUT2D eigenvalue weighted by molar-refractivity contribution is 6.01. The summed E-state index contributed by atoms with van der Waals surface area (Å²) in [5.74, 6) is 1.78. The van der Waals surface area contributed by atoms with E-state index < -0.39 is 5.41 Å². The van der Waals surface area contributed by atoms with Gasteiger partial charge < -0.3 is 9.32 Å². The zero-order chi connectivity index (χ0) is 38.8. The molecule has 0 saturated carbocycles. The van der Waals surface area contributed by atoms with E-state index in [-0.39, 0.29) is 5.41 Å². The number of hydrogen-bond acceptors (Lipinski definition) is 2. The average Bonchev–Trinajstić information content (AvgIpc) is 3.89. The van der Waals surface area contributed by atoms with Crippen LogP contribution in [0.5, 0.6) is 0 Å². The number of fused-ring (bicyclic) bond motifs is 6. The van der Waals surface area contributed by atoms with Crippen molar-refractivity contribution in [1.82, 2.24) is 0 Å². The highest BCUT2D eigenvalue weighted by Gasteiger charge is 2.51. The monoisotopic (exact) mass is 743 g/mol. The summed E-state index contributed by atoms with van der Waals surface area (Å²) in [5, 5.41) is 0. The van der Waals surface area contributed by atoms with E-state index in [1.165, 1.54) is 38.9 Å². The molecule has 0 N–H and O–H groups in total. The molecule has 2 aliphatic carbocycles. The van der Waals surface area contributed by atoms with Gasteiger partial charge in [-0.05, 0) is 69.3 Å². The van der Waals surface area contributed by atoms with Gasteiger partial charge >= 0.3 is 0 Å². The molecule has 11 rings (SSSR count). The minimum Gasteiger partial charge on any atom is -0.455 e. The predicted octanol–water partition coefficient (Wildman–Crippen LogP) is 14.8. The fourth-order valence-electron chi connectivity index (χ4n) is 10.0. The van der Waals surface area contributed by atoms with E-state index in [1.807, 2.05) is 0 Å². The van der Waals surface area contributed by atoms with E-state index in [0.717, 1.165) is 56.4 Å². The van der Waals surface area contributed by atoms with Gasteiger partial charge in [-0.2, -0.15) is 0 Å². The number of furan rings is 1. The minimum atomic E-state index is -0.658. The predicted molar refractivity (Wildman–Crippen MR) is 239 cm³/mol. The Morgan fingerprint density at radius 3 is 1.59 bits per heavy atom. The van der Waals surface area contributed by atoms with Gasteiger partial charge in [0.25, 0.3) is 0 Å². The second-order valence-corrected chi connectivity index (χ2v) is 16.0. The van der Waals surface area contributed by atoms with Crippen molar-refractivity contribution in [2.75, 3.05) is 4.90 Å². The standard InChI is InChI=1S/C56H41NO/c1-55(2)47-32-18-15-29-43(47)44-36-35-42(37-49(44)55)57(41-27-13-6-14-28-41)50-34-20-17-31-46(50)51-52-54(58-53(51)38-21-7-3-8-22-38)45-30-16-19-33-48(45)56(52,39-23-9-4-10-24-39)40-25-11-5-12-26-40/h3-37H,1-2H3. The van der Waals surface area contributed by atoms with Crippen molar-refractivity contribution >= 4 is 17.1 Å². The van der Waals surface area contributed by atoms with Crippen molar-refractivity contribution in [2.24, 2.45) is 0 Å². The molecule has 0 atom stereocenters. The molecule has 2 aliphatic rings. The fourth-order valence-corrected chi connectivity index (χ4v) is 10.0. The van der Waals surface area contributed by atoms with Crippen LogP contribution in [0.15, 0.2) is 217 Å². The van der Waals surface area contributed by atoms with Crippen molar-refractivity contribution in [2.45, 2.75) is 24.7 Å². The molecule has 0 spiro atoms. The van der Waals surface area contributed by atoms with Crippen LogP contribution in [0.3, 0.4) is 0 Å². The molecule has 58 heavy (non-hydrogen) atoms. The Kier molecular flexibility index (Phi) is 7.78. The van der Waals surface area contributed by atoms with Crippen molar-refractivity contribution in [3.05, 3.63) is 246 Å². The van der Waals surface area contributed by atoms with E-state index in [0.29, 0.717) is 0 Å². The van der Waals surface area contributed by atoms with Gasteiger partial charge in [-0.25, -0.2) is 0 Å². The number of anilines is 3. The van der Waals surface area contributed by atoms with E-state index >= 15 is 0 Å². The van der Waals surface area contributed by atoms with Gasteiger partial charge in [0.1, 0.15) is 11.5 Å². The van der Waals surface area contributed by atoms with Gasteiger partial charge in [0, 0.05) is 44.6 Å². The highest BCUT2D eigenvalue weighted by atomic mass is 16.3. The van der Waals surface area contributed by atoms with E-state index in [9.17, 15) is 0 Å². The summed E-state index contributed by atoms with van der Waals surface area (Å²) >= 11 is 0. The van der Waals surface area contributed by atoms with Gasteiger partial charge in [-0.1, -0.05) is 196 Å². The molecule has 0 amide bonds. The number of hydrogen-bond donors (Lipinski definition) is 0. The van der Waals surface area contributed by atoms with E-state index in [4.69, 9.17) is 4.42 Å². The van der Waals surface area contributed by atoms with Gasteiger partial charge in [0.2, 0.25) is 0 Å². The lowest BCUT2D eigenvalue weighted by atomic mass is 9.66. The van der Waals surface area contributed by atoms with Crippen molar-refractivity contribution in [1.29, 1.82) is 0 Å². The van der Waals surface area contributed by atoms with Gasteiger partial charge in [-0.3, -0.25) is 0 Å². The topological polar surface area (TPSA) is 16.4 Å². The maximum absolute atomic E-state index is 7.37. The molecule has 0 aliphatic heterocycles. The van der Waals surface area contributed by atoms with Crippen molar-refractivity contribution in [3.8, 4) is 44.9 Å². The molecule has 0 radical (unpaired) electrons. The zero-order valence-corrected chi connectivity index (χ0v) is 32.6. The van der Waals surface area contributed by atoms with Crippen LogP contribution in [0, 0.1) is 0 Å². The van der Waals surface area contributed by atoms with Gasteiger partial charge in [0.05, 0.1) is 11.1 Å². The molecule has 0 saturated heterocycles. The largest absolute Gasteiger partial charge is 0.455 e. The highest BCUT2D eigenvalue weighted by Crippen LogP contribution is 2.63. The van der Waals surface area contributed by atoms with Crippen LogP contribution in [0.4, 0.5) is 17.1 Å². The van der Waals surface area contributed by atoms with Crippen LogP contribution in [0.25, 0.3) is 44.9 Å². The number of para-hydroxylation sites is 2. The summed E-state index contributed by atoms with van der Waals surface area (Å²) < 4.78 is 7.37. The molecule has 2 heteroatoms. The van der Waals surface area contributed by atoms with Crippen LogP contribution in [-0.2, 0) is 10.8 Å². The molecule has 0 unspecified atom stereocenters. The van der Waals surface area contributed by atoms with Gasteiger partial charge in [-0.15, -0.1) is 0 Å². The van der Waals surface area contributed by atoms with Crippen LogP contribution in [0.1, 0.15) is 47.2 Å². The first-order chi connectivity index (χ1) is 28.6. The van der Waals surface area contributed by atoms with Gasteiger partial charge in [0.15, 0.2) is 0 Å². The van der Waals surface area contributed by atoms with Crippen LogP contribution < -0.4 is 4.90 Å². The zero-order valence-electron chi connectivity index (χ0n) is 32.6. The molecule has 0 fully saturated rings. The van der Waals surface area contributed by atoms with Crippen molar-refractivity contribution in [3.63, 3.8) is 0 Å². The Labute approximate surface area is 340 Å². The fraction of sp³-hybridized carbons (Fsp3) is 0.0714. The molecule has 9 aromatic rings. The number of nitrogens with zero attached hydrogens (tertiary/aromatic N) is 1. The molecule has 276 valence electrons. The first-order valence-electron chi connectivity index (χ1n) is 20.2.